The maximum atomic E-state index is 12.5. The largest absolute Gasteiger partial charge is 0.481 e. The number of aryl methyl sites for hydroxylation is 1. The highest BCUT2D eigenvalue weighted by Gasteiger charge is 2.16. The van der Waals surface area contributed by atoms with Gasteiger partial charge in [0.15, 0.2) is 0 Å². The highest BCUT2D eigenvalue weighted by molar-refractivity contribution is 5.70. The number of nitrogens with zero attached hydrogens (tertiary/aromatic N) is 1. The zero-order chi connectivity index (χ0) is 12.3. The van der Waals surface area contributed by atoms with E-state index in [9.17, 15) is 13.6 Å². The number of pyridine rings is 1. The molecule has 4 nitrogen and oxygen atoms in total. The molecule has 0 atom stereocenters. The van der Waals surface area contributed by atoms with Gasteiger partial charge in [0.05, 0.1) is 12.1 Å². The van der Waals surface area contributed by atoms with Gasteiger partial charge in [-0.15, -0.1) is 0 Å². The predicted molar refractivity (Wildman–Crippen MR) is 53.2 cm³/mol. The van der Waals surface area contributed by atoms with Crippen molar-refractivity contribution < 1.29 is 18.7 Å². The smallest absolute Gasteiger partial charge is 0.309 e. The summed E-state index contributed by atoms with van der Waals surface area (Å²) in [7, 11) is 0. The molecule has 1 aromatic rings. The summed E-state index contributed by atoms with van der Waals surface area (Å²) >= 11 is 0. The number of carboxylic acid groups (broad SMARTS) is 1. The molecule has 1 heterocycles. The Bertz CT molecular complexity index is 408. The number of aromatic nitrogens is 1. The molecule has 6 heteroatoms. The minimum Gasteiger partial charge on any atom is -0.481 e. The number of carbonyl (C=O) groups is 1. The average molecular weight is 230 g/mol. The first-order chi connectivity index (χ1) is 7.45. The van der Waals surface area contributed by atoms with Gasteiger partial charge in [-0.05, 0) is 18.6 Å². The molecule has 16 heavy (non-hydrogen) atoms. The Labute approximate surface area is 91.1 Å². The second-order valence-corrected chi connectivity index (χ2v) is 3.34. The Morgan fingerprint density at radius 3 is 2.69 bits per heavy atom. The Hall–Kier alpha value is -1.56. The molecule has 0 aliphatic heterocycles. The molecule has 1 rings (SSSR count). The number of alkyl halides is 2. The van der Waals surface area contributed by atoms with E-state index in [1.807, 2.05) is 0 Å². The molecule has 0 unspecified atom stereocenters. The van der Waals surface area contributed by atoms with Crippen LogP contribution in [0.2, 0.25) is 0 Å². The number of hydrogen-bond acceptors (Lipinski definition) is 3. The molecular formula is C10H12F2N2O2. The van der Waals surface area contributed by atoms with E-state index in [2.05, 4.69) is 4.98 Å². The summed E-state index contributed by atoms with van der Waals surface area (Å²) < 4.78 is 25.1. The van der Waals surface area contributed by atoms with Gasteiger partial charge < -0.3 is 10.8 Å². The normalized spacial score (nSPS) is 10.8. The van der Waals surface area contributed by atoms with E-state index in [0.717, 1.165) is 0 Å². The van der Waals surface area contributed by atoms with Gasteiger partial charge in [-0.25, -0.2) is 8.78 Å². The standard InChI is InChI=1S/C10H12F2N2O2/c1-5-7(10(11)12)2-6(4-13)8(14-5)3-9(15)16/h2,10H,3-4,13H2,1H3,(H,15,16). The fourth-order valence-electron chi connectivity index (χ4n) is 1.41. The van der Waals surface area contributed by atoms with Crippen molar-refractivity contribution in [2.45, 2.75) is 26.3 Å². The molecule has 1 aromatic heterocycles. The van der Waals surface area contributed by atoms with Gasteiger partial charge in [0.25, 0.3) is 6.43 Å². The van der Waals surface area contributed by atoms with E-state index in [4.69, 9.17) is 10.8 Å². The van der Waals surface area contributed by atoms with Crippen LogP contribution < -0.4 is 5.73 Å². The van der Waals surface area contributed by atoms with Crippen molar-refractivity contribution in [2.24, 2.45) is 5.73 Å². The van der Waals surface area contributed by atoms with Gasteiger partial charge in [0.2, 0.25) is 0 Å². The third-order valence-corrected chi connectivity index (χ3v) is 2.19. The highest BCUT2D eigenvalue weighted by Crippen LogP contribution is 2.23. The molecule has 88 valence electrons. The van der Waals surface area contributed by atoms with Crippen LogP contribution in [0.25, 0.3) is 0 Å². The third-order valence-electron chi connectivity index (χ3n) is 2.19. The molecule has 3 N–H and O–H groups in total. The van der Waals surface area contributed by atoms with Crippen molar-refractivity contribution in [3.63, 3.8) is 0 Å². The van der Waals surface area contributed by atoms with Gasteiger partial charge in [0.1, 0.15) is 0 Å². The molecule has 0 saturated carbocycles. The number of nitrogens with two attached hydrogens (primary N) is 1. The van der Waals surface area contributed by atoms with Crippen LogP contribution in [0.5, 0.6) is 0 Å². The first-order valence-electron chi connectivity index (χ1n) is 4.65. The molecule has 0 saturated heterocycles. The first kappa shape index (κ1) is 12.5. The van der Waals surface area contributed by atoms with E-state index in [0.29, 0.717) is 5.56 Å². The third kappa shape index (κ3) is 2.73. The maximum Gasteiger partial charge on any atom is 0.309 e. The van der Waals surface area contributed by atoms with Gasteiger partial charge in [-0.2, -0.15) is 0 Å². The fraction of sp³-hybridized carbons (Fsp3) is 0.400. The zero-order valence-electron chi connectivity index (χ0n) is 8.70. The summed E-state index contributed by atoms with van der Waals surface area (Å²) in [5.74, 6) is -1.06. The van der Waals surface area contributed by atoms with E-state index in [1.165, 1.54) is 13.0 Å². The highest BCUT2D eigenvalue weighted by atomic mass is 19.3. The van der Waals surface area contributed by atoms with E-state index < -0.39 is 12.4 Å². The van der Waals surface area contributed by atoms with Crippen LogP contribution in [0, 0.1) is 6.92 Å². The molecule has 0 bridgehead atoms. The number of carboxylic acids is 1. The zero-order valence-corrected chi connectivity index (χ0v) is 8.70. The molecule has 0 fully saturated rings. The lowest BCUT2D eigenvalue weighted by atomic mass is 10.1. The lowest BCUT2D eigenvalue weighted by molar-refractivity contribution is -0.136. The Morgan fingerprint density at radius 2 is 2.25 bits per heavy atom. The summed E-state index contributed by atoms with van der Waals surface area (Å²) in [6.45, 7) is 1.42. The van der Waals surface area contributed by atoms with Crippen molar-refractivity contribution >= 4 is 5.97 Å². The molecule has 0 aromatic carbocycles. The number of aliphatic carboxylic acids is 1. The minimum atomic E-state index is -2.63. The predicted octanol–water partition coefficient (Wildman–Crippen LogP) is 1.41. The van der Waals surface area contributed by atoms with Crippen molar-refractivity contribution in [1.82, 2.24) is 4.98 Å². The second kappa shape index (κ2) is 4.98. The van der Waals surface area contributed by atoms with Crippen LogP contribution in [0.15, 0.2) is 6.07 Å². The van der Waals surface area contributed by atoms with Crippen LogP contribution in [0.4, 0.5) is 8.78 Å². The van der Waals surface area contributed by atoms with Crippen molar-refractivity contribution in [1.29, 1.82) is 0 Å². The van der Waals surface area contributed by atoms with E-state index >= 15 is 0 Å². The topological polar surface area (TPSA) is 76.2 Å². The summed E-state index contributed by atoms with van der Waals surface area (Å²) in [5.41, 5.74) is 5.91. The molecular weight excluding hydrogens is 218 g/mol. The van der Waals surface area contributed by atoms with Crippen LogP contribution in [-0.2, 0) is 17.8 Å². The number of rotatable bonds is 4. The van der Waals surface area contributed by atoms with Gasteiger partial charge in [-0.3, -0.25) is 9.78 Å². The Morgan fingerprint density at radius 1 is 1.62 bits per heavy atom. The van der Waals surface area contributed by atoms with Crippen LogP contribution in [-0.4, -0.2) is 16.1 Å². The SMILES string of the molecule is Cc1nc(CC(=O)O)c(CN)cc1C(F)F. The summed E-state index contributed by atoms with van der Waals surface area (Å²) in [6.07, 6.45) is -2.94. The van der Waals surface area contributed by atoms with Gasteiger partial charge in [-0.1, -0.05) is 0 Å². The maximum absolute atomic E-state index is 12.5. The quantitative estimate of drug-likeness (QED) is 0.820. The second-order valence-electron chi connectivity index (χ2n) is 3.34. The minimum absolute atomic E-state index is 0.00435. The van der Waals surface area contributed by atoms with Crippen molar-refractivity contribution in [2.75, 3.05) is 0 Å². The molecule has 0 spiro atoms. The first-order valence-corrected chi connectivity index (χ1v) is 4.65. The lowest BCUT2D eigenvalue weighted by Gasteiger charge is -2.10. The number of halogens is 2. The Kier molecular flexibility index (Phi) is 3.89. The molecule has 0 aliphatic rings. The van der Waals surface area contributed by atoms with Crippen LogP contribution >= 0.6 is 0 Å². The molecule has 0 radical (unpaired) electrons. The van der Waals surface area contributed by atoms with E-state index in [-0.39, 0.29) is 29.9 Å². The van der Waals surface area contributed by atoms with Gasteiger partial charge in [0, 0.05) is 17.8 Å². The van der Waals surface area contributed by atoms with Crippen LogP contribution in [0.3, 0.4) is 0 Å². The number of hydrogen-bond donors (Lipinski definition) is 2. The summed E-state index contributed by atoms with van der Waals surface area (Å²) in [6, 6.07) is 1.23. The monoisotopic (exact) mass is 230 g/mol. The summed E-state index contributed by atoms with van der Waals surface area (Å²) in [5, 5.41) is 8.63. The van der Waals surface area contributed by atoms with E-state index in [1.54, 1.807) is 0 Å². The summed E-state index contributed by atoms with van der Waals surface area (Å²) in [4.78, 5) is 14.4. The van der Waals surface area contributed by atoms with Crippen molar-refractivity contribution in [3.05, 3.63) is 28.6 Å². The molecule has 0 amide bonds. The fourth-order valence-corrected chi connectivity index (χ4v) is 1.41. The van der Waals surface area contributed by atoms with Crippen molar-refractivity contribution in [3.8, 4) is 0 Å². The Balaban J connectivity index is 3.20. The van der Waals surface area contributed by atoms with Crippen LogP contribution in [0.1, 0.15) is 28.9 Å². The van der Waals surface area contributed by atoms with Gasteiger partial charge >= 0.3 is 5.97 Å². The molecule has 0 aliphatic carbocycles. The average Bonchev–Trinajstić information content (AvgIpc) is 2.16. The lowest BCUT2D eigenvalue weighted by Crippen LogP contribution is -2.11.